The van der Waals surface area contributed by atoms with Gasteiger partial charge in [-0.05, 0) is 6.42 Å². The third-order valence-electron chi connectivity index (χ3n) is 1.68. The lowest BCUT2D eigenvalue weighted by Gasteiger charge is -2.13. The van der Waals surface area contributed by atoms with Gasteiger partial charge in [0.2, 0.25) is 0 Å². The second-order valence-corrected chi connectivity index (χ2v) is 3.91. The molecule has 86 valence electrons. The fourth-order valence-electron chi connectivity index (χ4n) is 1.00. The summed E-state index contributed by atoms with van der Waals surface area (Å²) in [5.74, 6) is 0.318. The highest BCUT2D eigenvalue weighted by Crippen LogP contribution is 2.17. The molecule has 0 N–H and O–H groups in total. The molecule has 1 unspecified atom stereocenters. The number of oxime groups is 1. The number of hydrogen-bond donors (Lipinski definition) is 0. The molecule has 4 nitrogen and oxygen atoms in total. The van der Waals surface area contributed by atoms with Crippen LogP contribution in [0.15, 0.2) is 17.8 Å². The van der Waals surface area contributed by atoms with E-state index in [2.05, 4.69) is 21.3 Å². The van der Waals surface area contributed by atoms with Crippen LogP contribution in [-0.2, 0) is 14.4 Å². The summed E-state index contributed by atoms with van der Waals surface area (Å²) < 4.78 is 4.64. The number of rotatable bonds is 7. The van der Waals surface area contributed by atoms with E-state index in [-0.39, 0.29) is 5.25 Å². The van der Waals surface area contributed by atoms with Crippen LogP contribution >= 0.6 is 11.8 Å². The molecule has 0 aromatic carbocycles. The van der Waals surface area contributed by atoms with Crippen LogP contribution in [0.3, 0.4) is 0 Å². The van der Waals surface area contributed by atoms with E-state index in [9.17, 15) is 4.79 Å². The van der Waals surface area contributed by atoms with E-state index in [1.165, 1.54) is 14.2 Å². The monoisotopic (exact) mass is 231 g/mol. The van der Waals surface area contributed by atoms with Crippen molar-refractivity contribution in [3.8, 4) is 0 Å². The van der Waals surface area contributed by atoms with E-state index < -0.39 is 5.97 Å². The maximum absolute atomic E-state index is 11.4. The smallest absolute Gasteiger partial charge is 0.357 e. The van der Waals surface area contributed by atoms with Crippen molar-refractivity contribution in [2.24, 2.45) is 5.16 Å². The first-order chi connectivity index (χ1) is 7.21. The van der Waals surface area contributed by atoms with Crippen molar-refractivity contribution >= 4 is 23.4 Å². The highest BCUT2D eigenvalue weighted by molar-refractivity contribution is 8.00. The minimum absolute atomic E-state index is 0.0181. The molecule has 0 heterocycles. The molecule has 15 heavy (non-hydrogen) atoms. The normalized spacial score (nSPS) is 13.1. The Morgan fingerprint density at radius 1 is 1.60 bits per heavy atom. The molecule has 0 saturated heterocycles. The van der Waals surface area contributed by atoms with Crippen LogP contribution in [0, 0.1) is 0 Å². The highest BCUT2D eigenvalue weighted by Gasteiger charge is 2.23. The zero-order valence-corrected chi connectivity index (χ0v) is 10.2. The van der Waals surface area contributed by atoms with Crippen molar-refractivity contribution in [2.75, 3.05) is 20.0 Å². The quantitative estimate of drug-likeness (QED) is 0.290. The number of hydrogen-bond acceptors (Lipinski definition) is 5. The van der Waals surface area contributed by atoms with Gasteiger partial charge in [0, 0.05) is 5.75 Å². The van der Waals surface area contributed by atoms with Crippen molar-refractivity contribution in [3.05, 3.63) is 12.7 Å². The molecule has 0 bridgehead atoms. The van der Waals surface area contributed by atoms with E-state index in [1.807, 2.05) is 6.92 Å². The Morgan fingerprint density at radius 3 is 2.67 bits per heavy atom. The van der Waals surface area contributed by atoms with Crippen molar-refractivity contribution in [3.63, 3.8) is 0 Å². The van der Waals surface area contributed by atoms with Crippen LogP contribution in [0.4, 0.5) is 0 Å². The summed E-state index contributed by atoms with van der Waals surface area (Å²) in [7, 11) is 2.74. The fourth-order valence-corrected chi connectivity index (χ4v) is 1.91. The maximum atomic E-state index is 11.4. The number of esters is 1. The molecule has 0 aliphatic carbocycles. The van der Waals surface area contributed by atoms with Crippen molar-refractivity contribution in [1.29, 1.82) is 0 Å². The molecule has 0 aromatic rings. The summed E-state index contributed by atoms with van der Waals surface area (Å²) >= 11 is 1.58. The minimum Gasteiger partial charge on any atom is -0.464 e. The van der Waals surface area contributed by atoms with E-state index in [4.69, 9.17) is 0 Å². The Morgan fingerprint density at radius 2 is 2.27 bits per heavy atom. The molecular formula is C10H17NO3S. The lowest BCUT2D eigenvalue weighted by atomic mass is 10.2. The van der Waals surface area contributed by atoms with Gasteiger partial charge in [-0.1, -0.05) is 18.2 Å². The van der Waals surface area contributed by atoms with Crippen LogP contribution in [-0.4, -0.2) is 36.9 Å². The van der Waals surface area contributed by atoms with Gasteiger partial charge in [0.1, 0.15) is 7.11 Å². The van der Waals surface area contributed by atoms with Crippen LogP contribution in [0.2, 0.25) is 0 Å². The Labute approximate surface area is 94.7 Å². The van der Waals surface area contributed by atoms with Gasteiger partial charge in [0.25, 0.3) is 0 Å². The zero-order chi connectivity index (χ0) is 11.7. The number of carbonyl (C=O) groups excluding carboxylic acids is 1. The Bertz CT molecular complexity index is 241. The summed E-state index contributed by atoms with van der Waals surface area (Å²) in [6.45, 7) is 5.61. The van der Waals surface area contributed by atoms with Crippen LogP contribution in [0.1, 0.15) is 13.3 Å². The predicted octanol–water partition coefficient (Wildman–Crippen LogP) is 1.86. The molecule has 0 fully saturated rings. The largest absolute Gasteiger partial charge is 0.464 e. The number of nitrogens with zero attached hydrogens (tertiary/aromatic N) is 1. The molecular weight excluding hydrogens is 214 g/mol. The number of methoxy groups -OCH3 is 1. The van der Waals surface area contributed by atoms with E-state index in [0.29, 0.717) is 5.71 Å². The summed E-state index contributed by atoms with van der Waals surface area (Å²) in [4.78, 5) is 16.0. The van der Waals surface area contributed by atoms with Crippen LogP contribution < -0.4 is 0 Å². The zero-order valence-electron chi connectivity index (χ0n) is 9.36. The van der Waals surface area contributed by atoms with Crippen LogP contribution in [0.25, 0.3) is 0 Å². The van der Waals surface area contributed by atoms with E-state index in [0.717, 1.165) is 12.2 Å². The van der Waals surface area contributed by atoms with Gasteiger partial charge in [-0.15, -0.1) is 18.3 Å². The van der Waals surface area contributed by atoms with Crippen molar-refractivity contribution in [2.45, 2.75) is 18.6 Å². The van der Waals surface area contributed by atoms with Gasteiger partial charge in [-0.2, -0.15) is 0 Å². The Balaban J connectivity index is 4.62. The van der Waals surface area contributed by atoms with Crippen molar-refractivity contribution < 1.29 is 14.4 Å². The molecule has 1 atom stereocenters. The topological polar surface area (TPSA) is 47.9 Å². The summed E-state index contributed by atoms with van der Waals surface area (Å²) in [5, 5.41) is 3.69. The lowest BCUT2D eigenvalue weighted by Crippen LogP contribution is -2.27. The molecule has 0 amide bonds. The third kappa shape index (κ3) is 4.88. The molecule has 0 rings (SSSR count). The van der Waals surface area contributed by atoms with Gasteiger partial charge in [0.15, 0.2) is 5.71 Å². The van der Waals surface area contributed by atoms with Gasteiger partial charge in [-0.25, -0.2) is 4.79 Å². The molecule has 5 heteroatoms. The van der Waals surface area contributed by atoms with Gasteiger partial charge >= 0.3 is 5.97 Å². The highest BCUT2D eigenvalue weighted by atomic mass is 32.2. The molecule has 0 radical (unpaired) electrons. The van der Waals surface area contributed by atoms with Crippen molar-refractivity contribution in [1.82, 2.24) is 0 Å². The Hall–Kier alpha value is -0.970. The minimum atomic E-state index is -0.444. The molecule has 0 spiro atoms. The lowest BCUT2D eigenvalue weighted by molar-refractivity contribution is -0.133. The maximum Gasteiger partial charge on any atom is 0.357 e. The van der Waals surface area contributed by atoms with E-state index in [1.54, 1.807) is 17.8 Å². The molecule has 0 saturated carbocycles. The summed E-state index contributed by atoms with van der Waals surface area (Å²) in [6.07, 6.45) is 2.57. The second kappa shape index (κ2) is 8.35. The second-order valence-electron chi connectivity index (χ2n) is 2.67. The SMILES string of the molecule is C=CCSC(CC)C(=NOC)C(=O)OC. The standard InChI is InChI=1S/C10H17NO3S/c1-5-7-15-8(6-2)9(11-14-4)10(12)13-3/h5,8H,1,6-7H2,2-4H3. The molecule has 0 aliphatic heterocycles. The first-order valence-corrected chi connectivity index (χ1v) is 5.67. The average molecular weight is 231 g/mol. The average Bonchev–Trinajstić information content (AvgIpc) is 2.27. The first kappa shape index (κ1) is 14.0. The molecule has 0 aliphatic rings. The fraction of sp³-hybridized carbons (Fsp3) is 0.600. The van der Waals surface area contributed by atoms with Gasteiger partial charge in [0.05, 0.1) is 12.4 Å². The first-order valence-electron chi connectivity index (χ1n) is 4.63. The van der Waals surface area contributed by atoms with E-state index >= 15 is 0 Å². The Kier molecular flexibility index (Phi) is 7.81. The van der Waals surface area contributed by atoms with Gasteiger partial charge in [-0.3, -0.25) is 0 Å². The van der Waals surface area contributed by atoms with Crippen LogP contribution in [0.5, 0.6) is 0 Å². The molecule has 0 aromatic heterocycles. The number of carbonyl (C=O) groups is 1. The predicted molar refractivity (Wildman–Crippen MR) is 63.2 cm³/mol. The summed E-state index contributed by atoms with van der Waals surface area (Å²) in [5.41, 5.74) is 0.314. The number of thioether (sulfide) groups is 1. The third-order valence-corrected chi connectivity index (χ3v) is 3.06. The summed E-state index contributed by atoms with van der Waals surface area (Å²) in [6, 6.07) is 0. The number of ether oxygens (including phenoxy) is 1. The van der Waals surface area contributed by atoms with Gasteiger partial charge < -0.3 is 9.57 Å².